The summed E-state index contributed by atoms with van der Waals surface area (Å²) in [6.07, 6.45) is 2.16. The highest BCUT2D eigenvalue weighted by molar-refractivity contribution is 6.58. The van der Waals surface area contributed by atoms with Crippen molar-refractivity contribution in [3.63, 3.8) is 0 Å². The first kappa shape index (κ1) is 36.6. The molecule has 0 radical (unpaired) electrons. The van der Waals surface area contributed by atoms with Crippen LogP contribution in [-0.2, 0) is 31.2 Å². The van der Waals surface area contributed by atoms with Crippen LogP contribution in [0.15, 0.2) is 139 Å². The Kier molecular flexibility index (Phi) is 9.11. The SMILES string of the molecule is O=C1[C@H]2[C@H](CC=C3[C@H]2C[C@H]2C(=O)N(c4cccc(Cl)c4)C(=O)[C@@]2(c2ccccc2)[C@H]3c2ccc(OCc3ccccc3)cc2O)C(=O)N1c1cccc(B(O)O)c1. The number of phenolic OH excluding ortho intramolecular Hbond substituents is 1. The van der Waals surface area contributed by atoms with Gasteiger partial charge in [-0.3, -0.25) is 24.1 Å². The van der Waals surface area contributed by atoms with Crippen LogP contribution in [0.3, 0.4) is 0 Å². The maximum Gasteiger partial charge on any atom is 0.488 e. The zero-order valence-corrected chi connectivity index (χ0v) is 31.2. The van der Waals surface area contributed by atoms with Gasteiger partial charge in [-0.1, -0.05) is 108 Å². The number of anilines is 2. The van der Waals surface area contributed by atoms with Crippen molar-refractivity contribution in [2.45, 2.75) is 30.8 Å². The number of allylic oxidation sites excluding steroid dienone is 2. The monoisotopic (exact) mass is 778 g/mol. The van der Waals surface area contributed by atoms with Crippen molar-refractivity contribution < 1.29 is 39.1 Å². The molecule has 0 aromatic heterocycles. The van der Waals surface area contributed by atoms with E-state index in [1.807, 2.05) is 66.7 Å². The average Bonchev–Trinajstić information content (AvgIpc) is 3.61. The molecule has 5 aromatic carbocycles. The van der Waals surface area contributed by atoms with Crippen LogP contribution in [0.5, 0.6) is 11.5 Å². The fraction of sp³-hybridized carbons (Fsp3) is 0.200. The number of phenols is 1. The van der Waals surface area contributed by atoms with Gasteiger partial charge < -0.3 is 19.9 Å². The van der Waals surface area contributed by atoms with Gasteiger partial charge in [0, 0.05) is 22.6 Å². The van der Waals surface area contributed by atoms with E-state index in [4.69, 9.17) is 16.3 Å². The van der Waals surface area contributed by atoms with E-state index < -0.39 is 65.8 Å². The Morgan fingerprint density at radius 3 is 2.14 bits per heavy atom. The quantitative estimate of drug-likeness (QED) is 0.104. The van der Waals surface area contributed by atoms with Crippen molar-refractivity contribution in [1.82, 2.24) is 0 Å². The number of ether oxygens (including phenoxy) is 1. The molecule has 5 aromatic rings. The molecule has 57 heavy (non-hydrogen) atoms. The zero-order chi connectivity index (χ0) is 39.6. The molecule has 4 aliphatic rings. The largest absolute Gasteiger partial charge is 0.508 e. The summed E-state index contributed by atoms with van der Waals surface area (Å²) in [6.45, 7) is 0.254. The van der Waals surface area contributed by atoms with Crippen LogP contribution in [0.2, 0.25) is 5.02 Å². The molecule has 2 aliphatic heterocycles. The van der Waals surface area contributed by atoms with Gasteiger partial charge in [0.1, 0.15) is 18.1 Å². The van der Waals surface area contributed by atoms with Gasteiger partial charge >= 0.3 is 7.12 Å². The summed E-state index contributed by atoms with van der Waals surface area (Å²) in [4.78, 5) is 61.6. The molecule has 12 heteroatoms. The average molecular weight is 779 g/mol. The predicted octanol–water partition coefficient (Wildman–Crippen LogP) is 5.67. The van der Waals surface area contributed by atoms with Crippen LogP contribution in [0.4, 0.5) is 11.4 Å². The number of aromatic hydroxyl groups is 1. The van der Waals surface area contributed by atoms with E-state index >= 15 is 9.59 Å². The fourth-order valence-corrected chi connectivity index (χ4v) is 9.95. The van der Waals surface area contributed by atoms with Crippen LogP contribution >= 0.6 is 11.6 Å². The minimum absolute atomic E-state index is 0.0708. The number of rotatable bonds is 8. The Morgan fingerprint density at radius 2 is 1.44 bits per heavy atom. The molecule has 3 N–H and O–H groups in total. The second-order valence-electron chi connectivity index (χ2n) is 15.1. The summed E-state index contributed by atoms with van der Waals surface area (Å²) in [6, 6.07) is 36.2. The lowest BCUT2D eigenvalue weighted by Crippen LogP contribution is -2.53. The van der Waals surface area contributed by atoms with Gasteiger partial charge in [-0.05, 0) is 71.7 Å². The first-order chi connectivity index (χ1) is 27.6. The van der Waals surface area contributed by atoms with Crippen LogP contribution in [0.25, 0.3) is 0 Å². The minimum atomic E-state index is -1.81. The first-order valence-corrected chi connectivity index (χ1v) is 19.2. The number of amides is 4. The minimum Gasteiger partial charge on any atom is -0.508 e. The summed E-state index contributed by atoms with van der Waals surface area (Å²) in [5.41, 5.74) is 1.62. The number of imide groups is 2. The Hall–Kier alpha value is -6.01. The van der Waals surface area contributed by atoms with Gasteiger partial charge in [-0.25, -0.2) is 4.90 Å². The van der Waals surface area contributed by atoms with Crippen LogP contribution < -0.4 is 20.0 Å². The van der Waals surface area contributed by atoms with Gasteiger partial charge in [0.15, 0.2) is 0 Å². The van der Waals surface area contributed by atoms with Crippen molar-refractivity contribution in [1.29, 1.82) is 0 Å². The highest BCUT2D eigenvalue weighted by Crippen LogP contribution is 2.65. The molecule has 10 nitrogen and oxygen atoms in total. The van der Waals surface area contributed by atoms with E-state index in [1.54, 1.807) is 48.5 Å². The van der Waals surface area contributed by atoms with Crippen LogP contribution in [0.1, 0.15) is 35.4 Å². The molecule has 3 fully saturated rings. The molecule has 1 saturated carbocycles. The molecule has 2 aliphatic carbocycles. The van der Waals surface area contributed by atoms with E-state index in [0.29, 0.717) is 33.2 Å². The highest BCUT2D eigenvalue weighted by atomic mass is 35.5. The molecule has 0 spiro atoms. The molecular formula is C45H36BClN2O8. The third kappa shape index (κ3) is 5.79. The van der Waals surface area contributed by atoms with Crippen LogP contribution in [-0.4, -0.2) is 45.9 Å². The number of benzene rings is 5. The standard InChI is InChI=1S/C45H36BClN2O8/c47-29-14-8-16-31(22-29)49-42(52)37-24-36-33(19-20-35-39(36)43(53)48(41(35)51)30-15-7-13-28(21-30)46(55)56)40(45(37,44(49)54)27-11-5-2-6-12-27)34-18-17-32(23-38(34)50)57-25-26-9-3-1-4-10-26/h1-19,21-23,35-37,39-40,50,55-56H,20,24-25H2/t35-,36+,37-,39-,40+,45+/m0/s1. The van der Waals surface area contributed by atoms with Gasteiger partial charge in [-0.2, -0.15) is 0 Å². The molecule has 0 unspecified atom stereocenters. The first-order valence-electron chi connectivity index (χ1n) is 18.8. The summed E-state index contributed by atoms with van der Waals surface area (Å²) < 4.78 is 6.07. The van der Waals surface area contributed by atoms with Crippen LogP contribution in [0, 0.1) is 23.7 Å². The number of carbonyl (C=O) groups is 4. The van der Waals surface area contributed by atoms with Gasteiger partial charge in [0.05, 0.1) is 34.5 Å². The number of nitrogens with zero attached hydrogens (tertiary/aromatic N) is 2. The highest BCUT2D eigenvalue weighted by Gasteiger charge is 2.70. The van der Waals surface area contributed by atoms with E-state index in [1.165, 1.54) is 23.1 Å². The third-order valence-corrected chi connectivity index (χ3v) is 12.4. The Labute approximate surface area is 333 Å². The lowest BCUT2D eigenvalue weighted by molar-refractivity contribution is -0.127. The molecule has 2 heterocycles. The van der Waals surface area contributed by atoms with Crippen molar-refractivity contribution in [2.24, 2.45) is 23.7 Å². The lowest BCUT2D eigenvalue weighted by atomic mass is 9.49. The van der Waals surface area contributed by atoms with E-state index in [2.05, 4.69) is 0 Å². The number of halogens is 1. The molecular weight excluding hydrogens is 743 g/mol. The molecule has 284 valence electrons. The fourth-order valence-electron chi connectivity index (χ4n) is 9.77. The predicted molar refractivity (Wildman–Crippen MR) is 214 cm³/mol. The van der Waals surface area contributed by atoms with Gasteiger partial charge in [0.2, 0.25) is 23.6 Å². The summed E-state index contributed by atoms with van der Waals surface area (Å²) in [7, 11) is -1.81. The summed E-state index contributed by atoms with van der Waals surface area (Å²) in [5.74, 6) is -5.93. The van der Waals surface area contributed by atoms with Crippen molar-refractivity contribution in [3.8, 4) is 11.5 Å². The molecule has 9 rings (SSSR count). The number of carbonyl (C=O) groups excluding carboxylic acids is 4. The van der Waals surface area contributed by atoms with Gasteiger partial charge in [0.25, 0.3) is 0 Å². The van der Waals surface area contributed by atoms with Gasteiger partial charge in [-0.15, -0.1) is 0 Å². The Balaban J connectivity index is 1.21. The van der Waals surface area contributed by atoms with Crippen molar-refractivity contribution in [2.75, 3.05) is 9.80 Å². The molecule has 4 amide bonds. The second-order valence-corrected chi connectivity index (χ2v) is 15.5. The number of fused-ring (bicyclic) bond motifs is 4. The van der Waals surface area contributed by atoms with E-state index in [-0.39, 0.29) is 36.3 Å². The smallest absolute Gasteiger partial charge is 0.488 e. The zero-order valence-electron chi connectivity index (χ0n) is 30.4. The second kappa shape index (κ2) is 14.2. The van der Waals surface area contributed by atoms with E-state index in [9.17, 15) is 24.7 Å². The van der Waals surface area contributed by atoms with E-state index in [0.717, 1.165) is 10.5 Å². The third-order valence-electron chi connectivity index (χ3n) is 12.2. The summed E-state index contributed by atoms with van der Waals surface area (Å²) in [5, 5.41) is 32.1. The Morgan fingerprint density at radius 1 is 0.737 bits per heavy atom. The number of hydrogen-bond donors (Lipinski definition) is 3. The molecule has 6 atom stereocenters. The normalized spacial score (nSPS) is 25.2. The molecule has 0 bridgehead atoms. The lowest BCUT2D eigenvalue weighted by Gasteiger charge is -2.50. The number of hydrogen-bond acceptors (Lipinski definition) is 8. The van der Waals surface area contributed by atoms with Crippen molar-refractivity contribution >= 4 is 59.2 Å². The Bertz CT molecular complexity index is 2480. The molecule has 2 saturated heterocycles. The maximum absolute atomic E-state index is 15.5. The topological polar surface area (TPSA) is 145 Å². The maximum atomic E-state index is 15.5. The van der Waals surface area contributed by atoms with Crippen molar-refractivity contribution in [3.05, 3.63) is 161 Å². The summed E-state index contributed by atoms with van der Waals surface area (Å²) >= 11 is 6.42.